The second-order valence-corrected chi connectivity index (χ2v) is 6.40. The summed E-state index contributed by atoms with van der Waals surface area (Å²) in [7, 11) is 0. The molecule has 1 aliphatic carbocycles. The second-order valence-electron chi connectivity index (χ2n) is 4.54. The molecule has 84 valence electrons. The van der Waals surface area contributed by atoms with Crippen LogP contribution in [-0.4, -0.2) is 6.04 Å². The van der Waals surface area contributed by atoms with E-state index in [2.05, 4.69) is 27.4 Å². The average Bonchev–Trinajstić information content (AvgIpc) is 2.79. The fourth-order valence-electron chi connectivity index (χ4n) is 2.47. The van der Waals surface area contributed by atoms with Crippen molar-refractivity contribution >= 4 is 27.3 Å². The molecule has 2 N–H and O–H groups in total. The summed E-state index contributed by atoms with van der Waals surface area (Å²) in [4.78, 5) is 1.40. The lowest BCUT2D eigenvalue weighted by Gasteiger charge is -2.15. The molecule has 1 heterocycles. The van der Waals surface area contributed by atoms with Gasteiger partial charge in [0.25, 0.3) is 0 Å². The summed E-state index contributed by atoms with van der Waals surface area (Å²) in [6, 6.07) is 2.46. The largest absolute Gasteiger partial charge is 0.327 e. The minimum Gasteiger partial charge on any atom is -0.327 e. The summed E-state index contributed by atoms with van der Waals surface area (Å²) in [6.45, 7) is 0. The van der Waals surface area contributed by atoms with Crippen molar-refractivity contribution in [3.8, 4) is 0 Å². The number of hydrogen-bond acceptors (Lipinski definition) is 2. The Labute approximate surface area is 104 Å². The molecule has 0 saturated heterocycles. The maximum Gasteiger partial charge on any atom is 0.0314 e. The molecular formula is C12H18BrNS. The van der Waals surface area contributed by atoms with Crippen molar-refractivity contribution in [2.45, 2.75) is 44.6 Å². The molecule has 1 atom stereocenters. The quantitative estimate of drug-likeness (QED) is 0.891. The van der Waals surface area contributed by atoms with Crippen molar-refractivity contribution in [3.63, 3.8) is 0 Å². The summed E-state index contributed by atoms with van der Waals surface area (Å²) < 4.78 is 1.23. The van der Waals surface area contributed by atoms with Crippen LogP contribution in [0.5, 0.6) is 0 Å². The standard InChI is InChI=1S/C12H18BrNS/c13-11-5-6-15-12(11)8-10(14)7-9-3-1-2-4-9/h5-6,9-10H,1-4,7-8,14H2. The van der Waals surface area contributed by atoms with Crippen LogP contribution in [0.15, 0.2) is 15.9 Å². The Morgan fingerprint density at radius 2 is 2.20 bits per heavy atom. The van der Waals surface area contributed by atoms with Gasteiger partial charge < -0.3 is 5.73 Å². The number of nitrogens with two attached hydrogens (primary N) is 1. The van der Waals surface area contributed by atoms with Crippen molar-refractivity contribution in [2.75, 3.05) is 0 Å². The summed E-state index contributed by atoms with van der Waals surface area (Å²) in [5.41, 5.74) is 6.20. The molecule has 2 rings (SSSR count). The van der Waals surface area contributed by atoms with E-state index in [1.54, 1.807) is 0 Å². The van der Waals surface area contributed by atoms with Crippen molar-refractivity contribution in [1.29, 1.82) is 0 Å². The topological polar surface area (TPSA) is 26.0 Å². The molecule has 1 fully saturated rings. The molecule has 0 aliphatic heterocycles. The Balaban J connectivity index is 1.81. The van der Waals surface area contributed by atoms with Gasteiger partial charge in [0, 0.05) is 15.4 Å². The van der Waals surface area contributed by atoms with Gasteiger partial charge in [0.05, 0.1) is 0 Å². The summed E-state index contributed by atoms with van der Waals surface area (Å²) >= 11 is 5.37. The fraction of sp³-hybridized carbons (Fsp3) is 0.667. The summed E-state index contributed by atoms with van der Waals surface area (Å²) in [6.07, 6.45) is 7.89. The molecule has 1 aromatic heterocycles. The van der Waals surface area contributed by atoms with E-state index >= 15 is 0 Å². The van der Waals surface area contributed by atoms with Crippen LogP contribution in [0.3, 0.4) is 0 Å². The van der Waals surface area contributed by atoms with Gasteiger partial charge in [-0.1, -0.05) is 25.7 Å². The van der Waals surface area contributed by atoms with Gasteiger partial charge in [-0.3, -0.25) is 0 Å². The van der Waals surface area contributed by atoms with Crippen LogP contribution in [0.2, 0.25) is 0 Å². The molecule has 0 aromatic carbocycles. The molecule has 1 nitrogen and oxygen atoms in total. The Hall–Kier alpha value is 0.140. The van der Waals surface area contributed by atoms with E-state index in [4.69, 9.17) is 5.73 Å². The van der Waals surface area contributed by atoms with E-state index in [1.165, 1.54) is 41.5 Å². The predicted octanol–water partition coefficient (Wildman–Crippen LogP) is 3.96. The van der Waals surface area contributed by atoms with Crippen LogP contribution in [0, 0.1) is 5.92 Å². The molecule has 3 heteroatoms. The first-order valence-corrected chi connectivity index (χ1v) is 7.40. The lowest BCUT2D eigenvalue weighted by molar-refractivity contribution is 0.441. The Bertz CT molecular complexity index is 304. The molecule has 0 bridgehead atoms. The normalized spacial score (nSPS) is 19.6. The highest BCUT2D eigenvalue weighted by molar-refractivity contribution is 9.10. The highest BCUT2D eigenvalue weighted by Crippen LogP contribution is 2.30. The summed E-state index contributed by atoms with van der Waals surface area (Å²) in [5, 5.41) is 2.13. The molecule has 1 aliphatic rings. The van der Waals surface area contributed by atoms with Gasteiger partial charge in [-0.05, 0) is 46.1 Å². The molecule has 15 heavy (non-hydrogen) atoms. The van der Waals surface area contributed by atoms with Crippen molar-refractivity contribution in [3.05, 3.63) is 20.8 Å². The zero-order chi connectivity index (χ0) is 10.7. The SMILES string of the molecule is NC(Cc1sccc1Br)CC1CCCC1. The Kier molecular flexibility index (Phi) is 4.23. The third-order valence-corrected chi connectivity index (χ3v) is 5.20. The Morgan fingerprint density at radius 3 is 2.80 bits per heavy atom. The van der Waals surface area contributed by atoms with Crippen LogP contribution < -0.4 is 5.73 Å². The Morgan fingerprint density at radius 1 is 1.47 bits per heavy atom. The van der Waals surface area contributed by atoms with Crippen molar-refractivity contribution in [2.24, 2.45) is 11.7 Å². The van der Waals surface area contributed by atoms with Gasteiger partial charge in [-0.25, -0.2) is 0 Å². The first kappa shape index (κ1) is 11.6. The predicted molar refractivity (Wildman–Crippen MR) is 70.3 cm³/mol. The third-order valence-electron chi connectivity index (χ3n) is 3.25. The van der Waals surface area contributed by atoms with Crippen LogP contribution in [-0.2, 0) is 6.42 Å². The molecule has 1 saturated carbocycles. The maximum atomic E-state index is 6.20. The van der Waals surface area contributed by atoms with Gasteiger partial charge in [0.15, 0.2) is 0 Å². The number of rotatable bonds is 4. The molecule has 0 amide bonds. The first-order valence-electron chi connectivity index (χ1n) is 5.73. The molecule has 1 aromatic rings. The molecule has 1 unspecified atom stereocenters. The van der Waals surface area contributed by atoms with Crippen molar-refractivity contribution < 1.29 is 0 Å². The summed E-state index contributed by atoms with van der Waals surface area (Å²) in [5.74, 6) is 0.902. The van der Waals surface area contributed by atoms with Gasteiger partial charge in [0.2, 0.25) is 0 Å². The van der Waals surface area contributed by atoms with E-state index in [9.17, 15) is 0 Å². The second kappa shape index (κ2) is 5.46. The highest BCUT2D eigenvalue weighted by Gasteiger charge is 2.18. The maximum absolute atomic E-state index is 6.20. The minimum absolute atomic E-state index is 0.350. The van der Waals surface area contributed by atoms with Crippen LogP contribution in [0.4, 0.5) is 0 Å². The van der Waals surface area contributed by atoms with Crippen LogP contribution in [0.1, 0.15) is 37.0 Å². The minimum atomic E-state index is 0.350. The van der Waals surface area contributed by atoms with Gasteiger partial charge in [-0.15, -0.1) is 11.3 Å². The van der Waals surface area contributed by atoms with E-state index in [0.717, 1.165) is 12.3 Å². The number of hydrogen-bond donors (Lipinski definition) is 1. The van der Waals surface area contributed by atoms with Gasteiger partial charge in [0.1, 0.15) is 0 Å². The lowest BCUT2D eigenvalue weighted by Crippen LogP contribution is -2.25. The third kappa shape index (κ3) is 3.30. The molecular weight excluding hydrogens is 270 g/mol. The van der Waals surface area contributed by atoms with Crippen LogP contribution in [0.25, 0.3) is 0 Å². The van der Waals surface area contributed by atoms with E-state index in [1.807, 2.05) is 11.3 Å². The van der Waals surface area contributed by atoms with E-state index < -0.39 is 0 Å². The van der Waals surface area contributed by atoms with E-state index in [0.29, 0.717) is 6.04 Å². The highest BCUT2D eigenvalue weighted by atomic mass is 79.9. The fourth-order valence-corrected chi connectivity index (χ4v) is 4.08. The van der Waals surface area contributed by atoms with E-state index in [-0.39, 0.29) is 0 Å². The first-order chi connectivity index (χ1) is 7.25. The zero-order valence-electron chi connectivity index (χ0n) is 8.92. The number of thiophene rings is 1. The smallest absolute Gasteiger partial charge is 0.0314 e. The van der Waals surface area contributed by atoms with Crippen LogP contribution >= 0.6 is 27.3 Å². The van der Waals surface area contributed by atoms with Gasteiger partial charge in [-0.2, -0.15) is 0 Å². The number of halogens is 1. The average molecular weight is 288 g/mol. The zero-order valence-corrected chi connectivity index (χ0v) is 11.3. The molecule has 0 spiro atoms. The van der Waals surface area contributed by atoms with Crippen molar-refractivity contribution in [1.82, 2.24) is 0 Å². The van der Waals surface area contributed by atoms with Gasteiger partial charge >= 0.3 is 0 Å². The monoisotopic (exact) mass is 287 g/mol. The lowest BCUT2D eigenvalue weighted by atomic mass is 9.97. The molecule has 0 radical (unpaired) electrons.